The van der Waals surface area contributed by atoms with E-state index in [1.807, 2.05) is 42.2 Å². The quantitative estimate of drug-likeness (QED) is 0.607. The number of nitrogens with zero attached hydrogens (tertiary/aromatic N) is 2. The van der Waals surface area contributed by atoms with Gasteiger partial charge in [-0.25, -0.2) is 4.98 Å². The van der Waals surface area contributed by atoms with E-state index in [2.05, 4.69) is 38.1 Å². The Labute approximate surface area is 153 Å². The second-order valence-electron chi connectivity index (χ2n) is 6.01. The van der Waals surface area contributed by atoms with Crippen LogP contribution in [0, 0.1) is 13.8 Å². The van der Waals surface area contributed by atoms with Crippen LogP contribution in [0.5, 0.6) is 0 Å². The van der Waals surface area contributed by atoms with Gasteiger partial charge < -0.3 is 4.90 Å². The zero-order valence-corrected chi connectivity index (χ0v) is 15.6. The Balaban J connectivity index is 1.78. The van der Waals surface area contributed by atoms with Crippen molar-refractivity contribution in [3.63, 3.8) is 0 Å². The molecule has 128 valence electrons. The third-order valence-corrected chi connectivity index (χ3v) is 5.15. The fourth-order valence-electron chi connectivity index (χ4n) is 2.93. The fourth-order valence-corrected chi connectivity index (χ4v) is 3.77. The topological polar surface area (TPSA) is 33.2 Å². The smallest absolute Gasteiger partial charge is 0.237 e. The minimum Gasteiger partial charge on any atom is -0.312 e. The van der Waals surface area contributed by atoms with Crippen LogP contribution in [0.15, 0.2) is 59.6 Å². The molecule has 0 unspecified atom stereocenters. The number of hydrogen-bond acceptors (Lipinski definition) is 3. The van der Waals surface area contributed by atoms with E-state index in [0.717, 1.165) is 21.8 Å². The average Bonchev–Trinajstić information content (AvgIpc) is 2.62. The van der Waals surface area contributed by atoms with Gasteiger partial charge in [-0.05, 0) is 50.1 Å². The SMILES string of the molecule is CCN(C(=O)CSc1cc(C)c2cccc(C)c2n1)c1ccccc1. The van der Waals surface area contributed by atoms with Gasteiger partial charge in [0.05, 0.1) is 16.3 Å². The number of fused-ring (bicyclic) bond motifs is 1. The van der Waals surface area contributed by atoms with Gasteiger partial charge in [-0.3, -0.25) is 4.79 Å². The highest BCUT2D eigenvalue weighted by molar-refractivity contribution is 7.99. The van der Waals surface area contributed by atoms with E-state index in [-0.39, 0.29) is 5.91 Å². The van der Waals surface area contributed by atoms with Crippen LogP contribution in [0.25, 0.3) is 10.9 Å². The molecule has 3 nitrogen and oxygen atoms in total. The number of amides is 1. The maximum absolute atomic E-state index is 12.6. The lowest BCUT2D eigenvalue weighted by atomic mass is 10.1. The van der Waals surface area contributed by atoms with E-state index in [0.29, 0.717) is 12.3 Å². The molecule has 0 aliphatic rings. The highest BCUT2D eigenvalue weighted by Crippen LogP contribution is 2.26. The minimum atomic E-state index is 0.100. The zero-order valence-electron chi connectivity index (χ0n) is 14.8. The number of benzene rings is 2. The molecule has 0 N–H and O–H groups in total. The largest absolute Gasteiger partial charge is 0.312 e. The standard InChI is InChI=1S/C21H22N2OS/c1-4-23(17-10-6-5-7-11-17)20(24)14-25-19-13-16(3)18-12-8-9-15(2)21(18)22-19/h5-13H,4,14H2,1-3H3. The first-order valence-corrected chi connectivity index (χ1v) is 9.44. The van der Waals surface area contributed by atoms with Crippen molar-refractivity contribution in [1.29, 1.82) is 0 Å². The lowest BCUT2D eigenvalue weighted by Crippen LogP contribution is -2.32. The number of hydrogen-bond donors (Lipinski definition) is 0. The number of aryl methyl sites for hydroxylation is 2. The summed E-state index contributed by atoms with van der Waals surface area (Å²) >= 11 is 1.50. The first-order chi connectivity index (χ1) is 12.1. The second kappa shape index (κ2) is 7.70. The highest BCUT2D eigenvalue weighted by Gasteiger charge is 2.15. The van der Waals surface area contributed by atoms with Crippen LogP contribution in [0.1, 0.15) is 18.1 Å². The first-order valence-electron chi connectivity index (χ1n) is 8.45. The lowest BCUT2D eigenvalue weighted by molar-refractivity contribution is -0.116. The molecule has 0 spiro atoms. The summed E-state index contributed by atoms with van der Waals surface area (Å²) in [5.41, 5.74) is 4.31. The summed E-state index contributed by atoms with van der Waals surface area (Å²) in [6, 6.07) is 18.1. The Morgan fingerprint density at radius 1 is 1.04 bits per heavy atom. The van der Waals surface area contributed by atoms with Crippen molar-refractivity contribution >= 4 is 34.3 Å². The maximum atomic E-state index is 12.6. The molecule has 4 heteroatoms. The number of aromatic nitrogens is 1. The number of anilines is 1. The first kappa shape index (κ1) is 17.5. The molecule has 1 amide bonds. The normalized spacial score (nSPS) is 10.8. The van der Waals surface area contributed by atoms with E-state index in [9.17, 15) is 4.79 Å². The molecule has 0 atom stereocenters. The van der Waals surface area contributed by atoms with Crippen molar-refractivity contribution in [2.75, 3.05) is 17.2 Å². The van der Waals surface area contributed by atoms with Crippen LogP contribution in [-0.2, 0) is 4.79 Å². The Hall–Kier alpha value is -2.33. The average molecular weight is 350 g/mol. The Bertz CT molecular complexity index is 893. The number of para-hydroxylation sites is 2. The second-order valence-corrected chi connectivity index (χ2v) is 7.01. The molecule has 0 aliphatic carbocycles. The summed E-state index contributed by atoms with van der Waals surface area (Å²) in [4.78, 5) is 19.2. The summed E-state index contributed by atoms with van der Waals surface area (Å²) < 4.78 is 0. The van der Waals surface area contributed by atoms with Crippen LogP contribution >= 0.6 is 11.8 Å². The van der Waals surface area contributed by atoms with Gasteiger partial charge >= 0.3 is 0 Å². The summed E-state index contributed by atoms with van der Waals surface area (Å²) in [7, 11) is 0. The predicted molar refractivity (Wildman–Crippen MR) is 106 cm³/mol. The molecule has 3 aromatic rings. The van der Waals surface area contributed by atoms with Crippen molar-refractivity contribution in [1.82, 2.24) is 4.98 Å². The Morgan fingerprint density at radius 3 is 2.52 bits per heavy atom. The van der Waals surface area contributed by atoms with Crippen molar-refractivity contribution in [2.24, 2.45) is 0 Å². The molecular weight excluding hydrogens is 328 g/mol. The highest BCUT2D eigenvalue weighted by atomic mass is 32.2. The van der Waals surface area contributed by atoms with E-state index in [4.69, 9.17) is 4.98 Å². The molecular formula is C21H22N2OS. The molecule has 1 heterocycles. The lowest BCUT2D eigenvalue weighted by Gasteiger charge is -2.20. The Kier molecular flexibility index (Phi) is 5.39. The molecule has 0 saturated carbocycles. The summed E-state index contributed by atoms with van der Waals surface area (Å²) in [6.07, 6.45) is 0. The molecule has 0 radical (unpaired) electrons. The molecule has 0 aliphatic heterocycles. The molecule has 0 fully saturated rings. The van der Waals surface area contributed by atoms with E-state index in [1.165, 1.54) is 22.7 Å². The number of carbonyl (C=O) groups is 1. The van der Waals surface area contributed by atoms with Crippen LogP contribution in [0.3, 0.4) is 0 Å². The number of carbonyl (C=O) groups excluding carboxylic acids is 1. The van der Waals surface area contributed by atoms with Crippen LogP contribution < -0.4 is 4.90 Å². The van der Waals surface area contributed by atoms with E-state index in [1.54, 1.807) is 0 Å². The van der Waals surface area contributed by atoms with E-state index >= 15 is 0 Å². The molecule has 1 aromatic heterocycles. The molecule has 25 heavy (non-hydrogen) atoms. The molecule has 0 bridgehead atoms. The zero-order chi connectivity index (χ0) is 17.8. The minimum absolute atomic E-state index is 0.100. The van der Waals surface area contributed by atoms with Crippen molar-refractivity contribution in [3.8, 4) is 0 Å². The summed E-state index contributed by atoms with van der Waals surface area (Å²) in [5, 5.41) is 2.08. The molecule has 3 rings (SSSR count). The monoisotopic (exact) mass is 350 g/mol. The van der Waals surface area contributed by atoms with Crippen LogP contribution in [0.2, 0.25) is 0 Å². The molecule has 2 aromatic carbocycles. The Morgan fingerprint density at radius 2 is 1.80 bits per heavy atom. The predicted octanol–water partition coefficient (Wildman–Crippen LogP) is 5.00. The van der Waals surface area contributed by atoms with Gasteiger partial charge in [-0.15, -0.1) is 0 Å². The number of pyridine rings is 1. The van der Waals surface area contributed by atoms with Gasteiger partial charge in [0.1, 0.15) is 0 Å². The maximum Gasteiger partial charge on any atom is 0.237 e. The van der Waals surface area contributed by atoms with Gasteiger partial charge in [-0.2, -0.15) is 0 Å². The third kappa shape index (κ3) is 3.85. The van der Waals surface area contributed by atoms with Gasteiger partial charge in [0.25, 0.3) is 0 Å². The van der Waals surface area contributed by atoms with Crippen molar-refractivity contribution in [3.05, 3.63) is 65.7 Å². The van der Waals surface area contributed by atoms with Crippen LogP contribution in [0.4, 0.5) is 5.69 Å². The van der Waals surface area contributed by atoms with Crippen molar-refractivity contribution in [2.45, 2.75) is 25.8 Å². The van der Waals surface area contributed by atoms with Gasteiger partial charge in [0.2, 0.25) is 5.91 Å². The third-order valence-electron chi connectivity index (χ3n) is 4.25. The summed E-state index contributed by atoms with van der Waals surface area (Å²) in [6.45, 7) is 6.82. The van der Waals surface area contributed by atoms with Gasteiger partial charge in [0.15, 0.2) is 0 Å². The number of rotatable bonds is 5. The van der Waals surface area contributed by atoms with Gasteiger partial charge in [0, 0.05) is 17.6 Å². The number of thioether (sulfide) groups is 1. The summed E-state index contributed by atoms with van der Waals surface area (Å²) in [5.74, 6) is 0.482. The van der Waals surface area contributed by atoms with Gasteiger partial charge in [-0.1, -0.05) is 48.2 Å². The van der Waals surface area contributed by atoms with Crippen LogP contribution in [-0.4, -0.2) is 23.2 Å². The molecule has 0 saturated heterocycles. The van der Waals surface area contributed by atoms with Crippen molar-refractivity contribution < 1.29 is 4.79 Å². The fraction of sp³-hybridized carbons (Fsp3) is 0.238. The van der Waals surface area contributed by atoms with E-state index < -0.39 is 0 Å².